The molecule has 0 atom stereocenters. The fourth-order valence-corrected chi connectivity index (χ4v) is 3.60. The summed E-state index contributed by atoms with van der Waals surface area (Å²) in [7, 11) is 9.06. The molecule has 8 heteroatoms. The fraction of sp³-hybridized carbons (Fsp3) is 0.333. The third-order valence-corrected chi connectivity index (χ3v) is 5.19. The number of imidazole rings is 1. The average Bonchev–Trinajstić information content (AvgIpc) is 3.18. The van der Waals surface area contributed by atoms with E-state index in [0.29, 0.717) is 12.2 Å². The second-order valence-electron chi connectivity index (χ2n) is 6.57. The van der Waals surface area contributed by atoms with Gasteiger partial charge in [-0.3, -0.25) is 9.13 Å². The summed E-state index contributed by atoms with van der Waals surface area (Å²) in [6, 6.07) is 5.58. The second kappa shape index (κ2) is 6.87. The van der Waals surface area contributed by atoms with Crippen molar-refractivity contribution in [1.82, 2.24) is 14.0 Å². The molecule has 2 aromatic heterocycles. The Kier molecular flexibility index (Phi) is 4.78. The number of rotatable bonds is 4. The number of aromatic nitrogens is 2. The SMILES string of the molecule is CN(Cc1ccsc1)C(=O)Nc1cc2c(cc1N(C)C)n(C)c(=O)n2C. The van der Waals surface area contributed by atoms with Crippen molar-refractivity contribution >= 4 is 39.8 Å². The lowest BCUT2D eigenvalue weighted by Gasteiger charge is -2.22. The topological polar surface area (TPSA) is 62.5 Å². The number of carbonyl (C=O) groups excluding carboxylic acids is 1. The molecular formula is C18H23N5O2S. The maximum atomic E-state index is 12.6. The first kappa shape index (κ1) is 18.1. The van der Waals surface area contributed by atoms with E-state index in [0.717, 1.165) is 22.3 Å². The quantitative estimate of drug-likeness (QED) is 0.765. The van der Waals surface area contributed by atoms with Crippen molar-refractivity contribution in [3.63, 3.8) is 0 Å². The number of carbonyl (C=O) groups is 1. The van der Waals surface area contributed by atoms with E-state index < -0.39 is 0 Å². The van der Waals surface area contributed by atoms with Gasteiger partial charge in [-0.05, 0) is 34.5 Å². The minimum atomic E-state index is -0.195. The van der Waals surface area contributed by atoms with E-state index in [1.807, 2.05) is 48.0 Å². The number of fused-ring (bicyclic) bond motifs is 1. The smallest absolute Gasteiger partial charge is 0.328 e. The van der Waals surface area contributed by atoms with E-state index in [9.17, 15) is 9.59 Å². The zero-order valence-corrected chi connectivity index (χ0v) is 16.4. The van der Waals surface area contributed by atoms with Gasteiger partial charge in [0, 0.05) is 41.8 Å². The summed E-state index contributed by atoms with van der Waals surface area (Å²) in [5, 5.41) is 7.00. The van der Waals surface area contributed by atoms with Gasteiger partial charge in [0.05, 0.1) is 22.4 Å². The highest BCUT2D eigenvalue weighted by Crippen LogP contribution is 2.30. The van der Waals surface area contributed by atoms with E-state index in [2.05, 4.69) is 5.32 Å². The van der Waals surface area contributed by atoms with E-state index in [1.165, 1.54) is 0 Å². The molecule has 0 bridgehead atoms. The Hall–Kier alpha value is -2.74. The molecule has 0 unspecified atom stereocenters. The molecule has 7 nitrogen and oxygen atoms in total. The molecule has 0 fully saturated rings. The Morgan fingerprint density at radius 3 is 2.38 bits per heavy atom. The number of aryl methyl sites for hydroxylation is 2. The van der Waals surface area contributed by atoms with Crippen LogP contribution in [-0.4, -0.2) is 41.2 Å². The molecule has 0 radical (unpaired) electrons. The van der Waals surface area contributed by atoms with Crippen LogP contribution in [0.3, 0.4) is 0 Å². The number of anilines is 2. The van der Waals surface area contributed by atoms with Crippen LogP contribution < -0.4 is 15.9 Å². The average molecular weight is 373 g/mol. The van der Waals surface area contributed by atoms with Crippen LogP contribution in [0, 0.1) is 0 Å². The summed E-state index contributed by atoms with van der Waals surface area (Å²) in [6.07, 6.45) is 0. The van der Waals surface area contributed by atoms with Gasteiger partial charge in [0.25, 0.3) is 0 Å². The molecule has 26 heavy (non-hydrogen) atoms. The summed E-state index contributed by atoms with van der Waals surface area (Å²) < 4.78 is 3.19. The van der Waals surface area contributed by atoms with Gasteiger partial charge in [-0.1, -0.05) is 0 Å². The molecule has 3 rings (SSSR count). The molecule has 0 spiro atoms. The summed E-state index contributed by atoms with van der Waals surface area (Å²) in [5.41, 5.74) is 4.12. The lowest BCUT2D eigenvalue weighted by Crippen LogP contribution is -2.31. The highest BCUT2D eigenvalue weighted by Gasteiger charge is 2.17. The standard InChI is InChI=1S/C18H23N5O2S/c1-20(2)14-9-16-15(22(4)18(25)23(16)5)8-13(14)19-17(24)21(3)10-12-6-7-26-11-12/h6-9,11H,10H2,1-5H3,(H,19,24). The number of hydrogen-bond acceptors (Lipinski definition) is 4. The molecule has 2 amide bonds. The van der Waals surface area contributed by atoms with E-state index >= 15 is 0 Å². The zero-order valence-electron chi connectivity index (χ0n) is 15.6. The van der Waals surface area contributed by atoms with Crippen molar-refractivity contribution in [2.45, 2.75) is 6.54 Å². The molecule has 0 aliphatic rings. The number of urea groups is 1. The normalized spacial score (nSPS) is 11.0. The van der Waals surface area contributed by atoms with Crippen LogP contribution in [-0.2, 0) is 20.6 Å². The largest absolute Gasteiger partial charge is 0.376 e. The van der Waals surface area contributed by atoms with Crippen molar-refractivity contribution in [3.05, 3.63) is 45.0 Å². The summed E-state index contributed by atoms with van der Waals surface area (Å²) in [5.74, 6) is 0. The van der Waals surface area contributed by atoms with Crippen LogP contribution in [0.25, 0.3) is 11.0 Å². The first-order valence-electron chi connectivity index (χ1n) is 8.19. The van der Waals surface area contributed by atoms with Gasteiger partial charge in [0.1, 0.15) is 0 Å². The molecule has 2 heterocycles. The van der Waals surface area contributed by atoms with Crippen LogP contribution in [0.15, 0.2) is 33.8 Å². The number of nitrogens with one attached hydrogen (secondary N) is 1. The van der Waals surface area contributed by atoms with Crippen molar-refractivity contribution < 1.29 is 4.79 Å². The van der Waals surface area contributed by atoms with E-state index in [4.69, 9.17) is 0 Å². The first-order chi connectivity index (χ1) is 12.3. The third-order valence-electron chi connectivity index (χ3n) is 4.46. The van der Waals surface area contributed by atoms with Gasteiger partial charge in [-0.25, -0.2) is 9.59 Å². The van der Waals surface area contributed by atoms with Gasteiger partial charge >= 0.3 is 11.7 Å². The van der Waals surface area contributed by atoms with Crippen molar-refractivity contribution in [1.29, 1.82) is 0 Å². The van der Waals surface area contributed by atoms with E-state index in [-0.39, 0.29) is 11.7 Å². The highest BCUT2D eigenvalue weighted by atomic mass is 32.1. The van der Waals surface area contributed by atoms with Gasteiger partial charge in [-0.15, -0.1) is 0 Å². The molecule has 1 aromatic carbocycles. The Labute approximate surface area is 156 Å². The third kappa shape index (κ3) is 3.20. The van der Waals surface area contributed by atoms with Crippen molar-refractivity contribution in [2.24, 2.45) is 14.1 Å². The maximum Gasteiger partial charge on any atom is 0.328 e. The van der Waals surface area contributed by atoms with Crippen LogP contribution in [0.1, 0.15) is 5.56 Å². The lowest BCUT2D eigenvalue weighted by molar-refractivity contribution is 0.221. The number of amides is 2. The minimum Gasteiger partial charge on any atom is -0.376 e. The Balaban J connectivity index is 1.95. The highest BCUT2D eigenvalue weighted by molar-refractivity contribution is 7.07. The number of nitrogens with zero attached hydrogens (tertiary/aromatic N) is 4. The Morgan fingerprint density at radius 1 is 1.15 bits per heavy atom. The predicted octanol–water partition coefficient (Wildman–Crippen LogP) is 2.67. The Bertz CT molecular complexity index is 1000. The molecule has 1 N–H and O–H groups in total. The van der Waals surface area contributed by atoms with Gasteiger partial charge in [0.2, 0.25) is 0 Å². The van der Waals surface area contributed by atoms with Crippen LogP contribution in [0.5, 0.6) is 0 Å². The number of benzene rings is 1. The Morgan fingerprint density at radius 2 is 1.81 bits per heavy atom. The molecule has 0 saturated heterocycles. The zero-order chi connectivity index (χ0) is 19.0. The number of hydrogen-bond donors (Lipinski definition) is 1. The summed E-state index contributed by atoms with van der Waals surface area (Å²) >= 11 is 1.61. The summed E-state index contributed by atoms with van der Waals surface area (Å²) in [4.78, 5) is 28.4. The van der Waals surface area contributed by atoms with Crippen molar-refractivity contribution in [2.75, 3.05) is 31.4 Å². The fourth-order valence-electron chi connectivity index (χ4n) is 2.94. The second-order valence-corrected chi connectivity index (χ2v) is 7.35. The van der Waals surface area contributed by atoms with Crippen LogP contribution in [0.4, 0.5) is 16.2 Å². The summed E-state index contributed by atoms with van der Waals surface area (Å²) in [6.45, 7) is 0.540. The molecule has 3 aromatic rings. The van der Waals surface area contributed by atoms with Crippen molar-refractivity contribution in [3.8, 4) is 0 Å². The predicted molar refractivity (Wildman–Crippen MR) is 107 cm³/mol. The lowest BCUT2D eigenvalue weighted by atomic mass is 10.2. The minimum absolute atomic E-state index is 0.0947. The first-order valence-corrected chi connectivity index (χ1v) is 9.14. The molecule has 0 aliphatic heterocycles. The van der Waals surface area contributed by atoms with Gasteiger partial charge in [-0.2, -0.15) is 11.3 Å². The van der Waals surface area contributed by atoms with Crippen LogP contribution in [0.2, 0.25) is 0 Å². The molecule has 138 valence electrons. The van der Waals surface area contributed by atoms with Crippen LogP contribution >= 0.6 is 11.3 Å². The maximum absolute atomic E-state index is 12.6. The van der Waals surface area contributed by atoms with Gasteiger partial charge < -0.3 is 15.1 Å². The van der Waals surface area contributed by atoms with Gasteiger partial charge in [0.15, 0.2) is 0 Å². The molecular weight excluding hydrogens is 350 g/mol. The number of thiophene rings is 1. The van der Waals surface area contributed by atoms with E-state index in [1.54, 1.807) is 46.5 Å². The molecule has 0 aliphatic carbocycles. The molecule has 0 saturated carbocycles. The monoisotopic (exact) mass is 373 g/mol.